The van der Waals surface area contributed by atoms with Crippen molar-refractivity contribution in [3.8, 4) is 11.5 Å². The molecule has 0 aliphatic carbocycles. The van der Waals surface area contributed by atoms with Crippen LogP contribution in [-0.4, -0.2) is 34.1 Å². The Labute approximate surface area is 122 Å². The number of hydrogen-bond donors (Lipinski definition) is 1. The maximum Gasteiger partial charge on any atom is 0.259 e. The molecule has 0 saturated carbocycles. The topological polar surface area (TPSA) is 98.1 Å². The van der Waals surface area contributed by atoms with Gasteiger partial charge in [-0.25, -0.2) is 4.98 Å². The molecule has 1 aliphatic heterocycles. The van der Waals surface area contributed by atoms with E-state index in [4.69, 9.17) is 10.3 Å². The molecule has 3 rings (SSSR count). The molecule has 7 nitrogen and oxygen atoms in total. The number of primary amides is 1. The van der Waals surface area contributed by atoms with Crippen LogP contribution in [0.15, 0.2) is 22.9 Å². The third-order valence-electron chi connectivity index (χ3n) is 3.67. The molecule has 0 unspecified atom stereocenters. The SMILES string of the molecule is Cc1noc(-c2ccc(N3CCC[C@H](C(N)=O)C3)nc2)n1. The minimum Gasteiger partial charge on any atom is -0.369 e. The van der Waals surface area contributed by atoms with Gasteiger partial charge in [-0.3, -0.25) is 4.79 Å². The zero-order valence-electron chi connectivity index (χ0n) is 11.8. The van der Waals surface area contributed by atoms with Crippen LogP contribution in [0, 0.1) is 12.8 Å². The summed E-state index contributed by atoms with van der Waals surface area (Å²) >= 11 is 0. The summed E-state index contributed by atoms with van der Waals surface area (Å²) in [5.74, 6) is 1.55. The summed E-state index contributed by atoms with van der Waals surface area (Å²) < 4.78 is 5.11. The summed E-state index contributed by atoms with van der Waals surface area (Å²) in [6.45, 7) is 3.28. The predicted molar refractivity (Wildman–Crippen MR) is 76.4 cm³/mol. The quantitative estimate of drug-likeness (QED) is 0.909. The highest BCUT2D eigenvalue weighted by Crippen LogP contribution is 2.23. The summed E-state index contributed by atoms with van der Waals surface area (Å²) in [5.41, 5.74) is 6.18. The second kappa shape index (κ2) is 5.51. The number of amides is 1. The highest BCUT2D eigenvalue weighted by molar-refractivity contribution is 5.77. The van der Waals surface area contributed by atoms with Crippen molar-refractivity contribution in [2.75, 3.05) is 18.0 Å². The van der Waals surface area contributed by atoms with E-state index in [0.29, 0.717) is 18.3 Å². The maximum absolute atomic E-state index is 11.3. The third kappa shape index (κ3) is 2.86. The van der Waals surface area contributed by atoms with Gasteiger partial charge in [0.15, 0.2) is 5.82 Å². The molecule has 3 heterocycles. The lowest BCUT2D eigenvalue weighted by Gasteiger charge is -2.32. The van der Waals surface area contributed by atoms with Crippen LogP contribution in [0.25, 0.3) is 11.5 Å². The maximum atomic E-state index is 11.3. The lowest BCUT2D eigenvalue weighted by atomic mass is 9.97. The van der Waals surface area contributed by atoms with Crippen molar-refractivity contribution in [2.45, 2.75) is 19.8 Å². The number of carbonyl (C=O) groups is 1. The van der Waals surface area contributed by atoms with E-state index in [1.807, 2.05) is 12.1 Å². The first-order valence-electron chi connectivity index (χ1n) is 6.94. The number of nitrogens with two attached hydrogens (primary N) is 1. The number of pyridine rings is 1. The summed E-state index contributed by atoms with van der Waals surface area (Å²) in [4.78, 5) is 22.0. The molecule has 1 aliphatic rings. The van der Waals surface area contributed by atoms with Crippen LogP contribution >= 0.6 is 0 Å². The van der Waals surface area contributed by atoms with Gasteiger partial charge in [-0.15, -0.1) is 0 Å². The number of aryl methyl sites for hydroxylation is 1. The molecule has 110 valence electrons. The van der Waals surface area contributed by atoms with Crippen LogP contribution in [0.5, 0.6) is 0 Å². The average molecular weight is 287 g/mol. The van der Waals surface area contributed by atoms with Gasteiger partial charge < -0.3 is 15.2 Å². The summed E-state index contributed by atoms with van der Waals surface area (Å²) in [5, 5.41) is 3.76. The molecule has 0 spiro atoms. The zero-order valence-corrected chi connectivity index (χ0v) is 11.8. The Kier molecular flexibility index (Phi) is 3.55. The van der Waals surface area contributed by atoms with E-state index in [1.165, 1.54) is 0 Å². The fraction of sp³-hybridized carbons (Fsp3) is 0.429. The Balaban J connectivity index is 1.76. The summed E-state index contributed by atoms with van der Waals surface area (Å²) in [6.07, 6.45) is 3.50. The van der Waals surface area contributed by atoms with Crippen LogP contribution in [0.4, 0.5) is 5.82 Å². The van der Waals surface area contributed by atoms with Gasteiger partial charge in [-0.05, 0) is 31.9 Å². The van der Waals surface area contributed by atoms with Gasteiger partial charge in [0.05, 0.1) is 11.5 Å². The highest BCUT2D eigenvalue weighted by atomic mass is 16.5. The second-order valence-electron chi connectivity index (χ2n) is 5.24. The molecule has 0 radical (unpaired) electrons. The molecule has 2 aromatic heterocycles. The van der Waals surface area contributed by atoms with Crippen LogP contribution in [0.3, 0.4) is 0 Å². The minimum atomic E-state index is -0.238. The van der Waals surface area contributed by atoms with E-state index in [-0.39, 0.29) is 11.8 Å². The van der Waals surface area contributed by atoms with Gasteiger partial charge in [0.25, 0.3) is 5.89 Å². The van der Waals surface area contributed by atoms with Crippen molar-refractivity contribution in [1.82, 2.24) is 15.1 Å². The molecule has 0 aromatic carbocycles. The number of rotatable bonds is 3. The van der Waals surface area contributed by atoms with Crippen LogP contribution < -0.4 is 10.6 Å². The van der Waals surface area contributed by atoms with Gasteiger partial charge in [0, 0.05) is 19.3 Å². The molecule has 2 aromatic rings. The number of nitrogens with zero attached hydrogens (tertiary/aromatic N) is 4. The molecular formula is C14H17N5O2. The molecule has 1 atom stereocenters. The van der Waals surface area contributed by atoms with Crippen LogP contribution in [0.1, 0.15) is 18.7 Å². The highest BCUT2D eigenvalue weighted by Gasteiger charge is 2.24. The Bertz CT molecular complexity index is 637. The van der Waals surface area contributed by atoms with Gasteiger partial charge in [0.1, 0.15) is 5.82 Å². The van der Waals surface area contributed by atoms with E-state index in [9.17, 15) is 4.79 Å². The fourth-order valence-corrected chi connectivity index (χ4v) is 2.53. The minimum absolute atomic E-state index is 0.0983. The first-order valence-corrected chi connectivity index (χ1v) is 6.94. The Hall–Kier alpha value is -2.44. The number of anilines is 1. The average Bonchev–Trinajstić information content (AvgIpc) is 2.94. The fourth-order valence-electron chi connectivity index (χ4n) is 2.53. The smallest absolute Gasteiger partial charge is 0.259 e. The Morgan fingerprint density at radius 3 is 2.95 bits per heavy atom. The summed E-state index contributed by atoms with van der Waals surface area (Å²) in [6, 6.07) is 3.79. The molecule has 1 amide bonds. The standard InChI is InChI=1S/C14H17N5O2/c1-9-17-14(21-18-9)10-4-5-12(16-7-10)19-6-2-3-11(8-19)13(15)20/h4-5,7,11H,2-3,6,8H2,1H3,(H2,15,20)/t11-/m0/s1. The Morgan fingerprint density at radius 2 is 2.33 bits per heavy atom. The number of piperidine rings is 1. The molecular weight excluding hydrogens is 270 g/mol. The van der Waals surface area contributed by atoms with E-state index in [0.717, 1.165) is 30.8 Å². The first-order chi connectivity index (χ1) is 10.1. The number of hydrogen-bond acceptors (Lipinski definition) is 6. The van der Waals surface area contributed by atoms with Crippen molar-refractivity contribution < 1.29 is 9.32 Å². The monoisotopic (exact) mass is 287 g/mol. The Morgan fingerprint density at radius 1 is 1.48 bits per heavy atom. The zero-order chi connectivity index (χ0) is 14.8. The predicted octanol–water partition coefficient (Wildman–Crippen LogP) is 1.14. The largest absolute Gasteiger partial charge is 0.369 e. The molecule has 2 N–H and O–H groups in total. The van der Waals surface area contributed by atoms with Crippen LogP contribution in [-0.2, 0) is 4.79 Å². The normalized spacial score (nSPS) is 18.7. The van der Waals surface area contributed by atoms with Crippen molar-refractivity contribution in [1.29, 1.82) is 0 Å². The molecule has 0 bridgehead atoms. The van der Waals surface area contributed by atoms with Crippen molar-refractivity contribution >= 4 is 11.7 Å². The van der Waals surface area contributed by atoms with Gasteiger partial charge in [-0.2, -0.15) is 4.98 Å². The van der Waals surface area contributed by atoms with Gasteiger partial charge in [0.2, 0.25) is 5.91 Å². The van der Waals surface area contributed by atoms with E-state index >= 15 is 0 Å². The lowest BCUT2D eigenvalue weighted by molar-refractivity contribution is -0.122. The second-order valence-corrected chi connectivity index (χ2v) is 5.24. The molecule has 21 heavy (non-hydrogen) atoms. The van der Waals surface area contributed by atoms with E-state index < -0.39 is 0 Å². The van der Waals surface area contributed by atoms with E-state index in [1.54, 1.807) is 13.1 Å². The number of carbonyl (C=O) groups excluding carboxylic acids is 1. The van der Waals surface area contributed by atoms with E-state index in [2.05, 4.69) is 20.0 Å². The van der Waals surface area contributed by atoms with Crippen molar-refractivity contribution in [3.63, 3.8) is 0 Å². The lowest BCUT2D eigenvalue weighted by Crippen LogP contribution is -2.41. The number of aromatic nitrogens is 3. The third-order valence-corrected chi connectivity index (χ3v) is 3.67. The van der Waals surface area contributed by atoms with Crippen molar-refractivity contribution in [2.24, 2.45) is 11.7 Å². The molecule has 1 fully saturated rings. The molecule has 1 saturated heterocycles. The van der Waals surface area contributed by atoms with Gasteiger partial charge >= 0.3 is 0 Å². The van der Waals surface area contributed by atoms with Crippen LogP contribution in [0.2, 0.25) is 0 Å². The first kappa shape index (κ1) is 13.5. The summed E-state index contributed by atoms with van der Waals surface area (Å²) in [7, 11) is 0. The molecule has 7 heteroatoms. The van der Waals surface area contributed by atoms with Crippen molar-refractivity contribution in [3.05, 3.63) is 24.2 Å². The van der Waals surface area contributed by atoms with Gasteiger partial charge in [-0.1, -0.05) is 5.16 Å².